The maximum Gasteiger partial charge on any atom is 0.0435 e. The van der Waals surface area contributed by atoms with Gasteiger partial charge in [-0.3, -0.25) is 0 Å². The van der Waals surface area contributed by atoms with Crippen LogP contribution in [-0.4, -0.2) is 0 Å². The molecule has 0 aromatic heterocycles. The first-order valence-electron chi connectivity index (χ1n) is 18.9. The van der Waals surface area contributed by atoms with Crippen LogP contribution in [0.1, 0.15) is 23.6 Å². The van der Waals surface area contributed by atoms with Gasteiger partial charge in [-0.25, -0.2) is 0 Å². The second-order valence-electron chi connectivity index (χ2n) is 14.9. The van der Waals surface area contributed by atoms with E-state index in [2.05, 4.69) is 207 Å². The molecule has 0 fully saturated rings. The zero-order valence-electron chi connectivity index (χ0n) is 30.1. The summed E-state index contributed by atoms with van der Waals surface area (Å²) in [5, 5.41) is 10.2. The van der Waals surface area contributed by atoms with E-state index in [1.807, 2.05) is 0 Å². The topological polar surface area (TPSA) is 0 Å². The van der Waals surface area contributed by atoms with Gasteiger partial charge in [0.15, 0.2) is 0 Å². The van der Waals surface area contributed by atoms with E-state index in [0.29, 0.717) is 0 Å². The van der Waals surface area contributed by atoms with Crippen molar-refractivity contribution < 1.29 is 0 Å². The molecule has 0 heteroatoms. The van der Waals surface area contributed by atoms with Gasteiger partial charge >= 0.3 is 0 Å². The summed E-state index contributed by atoms with van der Waals surface area (Å²) < 4.78 is 0. The Hall–Kier alpha value is -6.76. The summed E-state index contributed by atoms with van der Waals surface area (Å²) in [6, 6.07) is 74.4. The van der Waals surface area contributed by atoms with E-state index in [1.165, 1.54) is 104 Å². The van der Waals surface area contributed by atoms with Crippen molar-refractivity contribution in [3.63, 3.8) is 0 Å². The fraction of sp³-hybridized carbons (Fsp3) is 0.0370. The maximum absolute atomic E-state index is 2.51. The number of benzene rings is 10. The number of hydrogen-bond acceptors (Lipinski definition) is 0. The summed E-state index contributed by atoms with van der Waals surface area (Å²) in [7, 11) is 0. The SMILES string of the molecule is CC1(c2ccccc2)c2cc(-c3c4ccccc4c(-c4ccccc4-c4ccccc4)c4c3ccc3ccccc34)ccc2-c2cc3ccccc3cc21. The van der Waals surface area contributed by atoms with Gasteiger partial charge in [0.1, 0.15) is 0 Å². The molecule has 10 aromatic carbocycles. The van der Waals surface area contributed by atoms with Crippen molar-refractivity contribution in [2.75, 3.05) is 0 Å². The number of rotatable bonds is 4. The molecule has 1 unspecified atom stereocenters. The van der Waals surface area contributed by atoms with Crippen LogP contribution in [-0.2, 0) is 5.41 Å². The molecule has 1 aliphatic carbocycles. The van der Waals surface area contributed by atoms with Gasteiger partial charge in [0.2, 0.25) is 0 Å². The molecule has 1 atom stereocenters. The lowest BCUT2D eigenvalue weighted by Crippen LogP contribution is -2.22. The van der Waals surface area contributed by atoms with E-state index >= 15 is 0 Å². The lowest BCUT2D eigenvalue weighted by Gasteiger charge is -2.29. The van der Waals surface area contributed by atoms with Crippen molar-refractivity contribution in [1.29, 1.82) is 0 Å². The molecule has 0 bridgehead atoms. The number of hydrogen-bond donors (Lipinski definition) is 0. The molecule has 0 aliphatic heterocycles. The molecule has 0 spiro atoms. The van der Waals surface area contributed by atoms with Crippen molar-refractivity contribution in [3.8, 4) is 44.5 Å². The zero-order chi connectivity index (χ0) is 35.8. The second-order valence-corrected chi connectivity index (χ2v) is 14.9. The Balaban J connectivity index is 1.25. The van der Waals surface area contributed by atoms with Crippen LogP contribution < -0.4 is 0 Å². The van der Waals surface area contributed by atoms with Gasteiger partial charge in [0.05, 0.1) is 0 Å². The van der Waals surface area contributed by atoms with Crippen LogP contribution in [0.15, 0.2) is 200 Å². The van der Waals surface area contributed by atoms with E-state index < -0.39 is 0 Å². The minimum absolute atomic E-state index is 0.321. The van der Waals surface area contributed by atoms with Crippen LogP contribution in [0.5, 0.6) is 0 Å². The molecule has 1 aliphatic rings. The summed E-state index contributed by atoms with van der Waals surface area (Å²) in [6.45, 7) is 2.43. The summed E-state index contributed by atoms with van der Waals surface area (Å²) in [4.78, 5) is 0. The molecule has 0 N–H and O–H groups in total. The Morgan fingerprint density at radius 2 is 0.889 bits per heavy atom. The fourth-order valence-corrected chi connectivity index (χ4v) is 9.56. The fourth-order valence-electron chi connectivity index (χ4n) is 9.56. The molecule has 11 rings (SSSR count). The molecular weight excluding hydrogens is 649 g/mol. The van der Waals surface area contributed by atoms with E-state index in [0.717, 1.165) is 0 Å². The lowest BCUT2D eigenvalue weighted by molar-refractivity contribution is 0.715. The summed E-state index contributed by atoms with van der Waals surface area (Å²) in [5.41, 5.74) is 13.9. The Bertz CT molecular complexity index is 3100. The van der Waals surface area contributed by atoms with Crippen LogP contribution in [0.25, 0.3) is 87.6 Å². The first kappa shape index (κ1) is 30.8. The van der Waals surface area contributed by atoms with E-state index in [9.17, 15) is 0 Å². The molecule has 0 radical (unpaired) electrons. The normalized spacial score (nSPS) is 14.8. The highest BCUT2D eigenvalue weighted by atomic mass is 14.4. The monoisotopic (exact) mass is 684 g/mol. The molecular formula is C54H36. The molecule has 10 aromatic rings. The molecule has 0 amide bonds. The summed E-state index contributed by atoms with van der Waals surface area (Å²) in [6.07, 6.45) is 0. The molecule has 0 saturated heterocycles. The second kappa shape index (κ2) is 11.9. The van der Waals surface area contributed by atoms with Crippen molar-refractivity contribution in [1.82, 2.24) is 0 Å². The van der Waals surface area contributed by atoms with Gasteiger partial charge in [-0.2, -0.15) is 0 Å². The third kappa shape index (κ3) is 4.44. The van der Waals surface area contributed by atoms with Gasteiger partial charge < -0.3 is 0 Å². The Labute approximate surface area is 315 Å². The van der Waals surface area contributed by atoms with Crippen molar-refractivity contribution in [2.24, 2.45) is 0 Å². The molecule has 252 valence electrons. The van der Waals surface area contributed by atoms with Crippen molar-refractivity contribution in [2.45, 2.75) is 12.3 Å². The third-order valence-corrected chi connectivity index (χ3v) is 12.1. The first-order valence-corrected chi connectivity index (χ1v) is 18.9. The third-order valence-electron chi connectivity index (χ3n) is 12.1. The van der Waals surface area contributed by atoms with Crippen molar-refractivity contribution in [3.05, 3.63) is 217 Å². The Morgan fingerprint density at radius 1 is 0.315 bits per heavy atom. The van der Waals surface area contributed by atoms with Gasteiger partial charge in [-0.15, -0.1) is 0 Å². The zero-order valence-corrected chi connectivity index (χ0v) is 30.1. The summed E-state index contributed by atoms with van der Waals surface area (Å²) >= 11 is 0. The largest absolute Gasteiger partial charge is 0.0622 e. The highest BCUT2D eigenvalue weighted by Crippen LogP contribution is 2.55. The van der Waals surface area contributed by atoms with Crippen LogP contribution in [0.4, 0.5) is 0 Å². The Kier molecular flexibility index (Phi) is 6.78. The predicted octanol–water partition coefficient (Wildman–Crippen LogP) is 14.6. The maximum atomic E-state index is 2.51. The molecule has 0 heterocycles. The standard InChI is InChI=1S/C54H36/c1-54(40-21-6-3-7-22-40)49-34-39(29-30-43(49)48-32-37-19-8-9-20-38(37)33-50(48)54)51-45-26-14-15-27-46(45)53(52-42-24-11-10-18-36(42)28-31-47(51)52)44-25-13-12-23-41(44)35-16-4-2-5-17-35/h2-34H,1H3. The first-order chi connectivity index (χ1) is 26.7. The molecule has 54 heavy (non-hydrogen) atoms. The van der Waals surface area contributed by atoms with Gasteiger partial charge in [0.25, 0.3) is 0 Å². The highest BCUT2D eigenvalue weighted by molar-refractivity contribution is 6.28. The lowest BCUT2D eigenvalue weighted by atomic mass is 9.73. The minimum atomic E-state index is -0.321. The van der Waals surface area contributed by atoms with Gasteiger partial charge in [-0.1, -0.05) is 182 Å². The van der Waals surface area contributed by atoms with E-state index in [1.54, 1.807) is 0 Å². The van der Waals surface area contributed by atoms with Gasteiger partial charge in [0, 0.05) is 5.41 Å². The Morgan fingerprint density at radius 3 is 1.65 bits per heavy atom. The van der Waals surface area contributed by atoms with Crippen molar-refractivity contribution >= 4 is 43.1 Å². The van der Waals surface area contributed by atoms with Crippen LogP contribution in [0.3, 0.4) is 0 Å². The predicted molar refractivity (Wildman–Crippen MR) is 230 cm³/mol. The van der Waals surface area contributed by atoms with Crippen LogP contribution in [0, 0.1) is 0 Å². The number of fused-ring (bicyclic) bond motifs is 8. The minimum Gasteiger partial charge on any atom is -0.0622 e. The summed E-state index contributed by atoms with van der Waals surface area (Å²) in [5.74, 6) is 0. The average Bonchev–Trinajstić information content (AvgIpc) is 3.49. The van der Waals surface area contributed by atoms with Crippen LogP contribution >= 0.6 is 0 Å². The van der Waals surface area contributed by atoms with Gasteiger partial charge in [-0.05, 0) is 129 Å². The average molecular weight is 685 g/mol. The quantitative estimate of drug-likeness (QED) is 0.128. The molecule has 0 nitrogen and oxygen atoms in total. The smallest absolute Gasteiger partial charge is 0.0435 e. The van der Waals surface area contributed by atoms with E-state index in [-0.39, 0.29) is 5.41 Å². The van der Waals surface area contributed by atoms with Crippen LogP contribution in [0.2, 0.25) is 0 Å². The highest BCUT2D eigenvalue weighted by Gasteiger charge is 2.41. The molecule has 0 saturated carbocycles. The van der Waals surface area contributed by atoms with E-state index in [4.69, 9.17) is 0 Å².